The lowest BCUT2D eigenvalue weighted by Gasteiger charge is -2.39. The zero-order valence-corrected chi connectivity index (χ0v) is 12.4. The van der Waals surface area contributed by atoms with Gasteiger partial charge in [-0.3, -0.25) is 0 Å². The average Bonchev–Trinajstić information content (AvgIpc) is 2.31. The Labute approximate surface area is 108 Å². The zero-order chi connectivity index (χ0) is 12.7. The maximum absolute atomic E-state index is 3.56. The second kappa shape index (κ2) is 7.38. The first kappa shape index (κ1) is 15.0. The Morgan fingerprint density at radius 1 is 1.18 bits per heavy atom. The van der Waals surface area contributed by atoms with E-state index in [4.69, 9.17) is 0 Å². The van der Waals surface area contributed by atoms with Crippen LogP contribution in [0.5, 0.6) is 0 Å². The maximum Gasteiger partial charge on any atom is 0.0107 e. The first-order chi connectivity index (χ1) is 8.06. The number of nitrogens with one attached hydrogen (secondary N) is 1. The molecule has 1 N–H and O–H groups in total. The highest BCUT2D eigenvalue weighted by Gasteiger charge is 2.27. The fraction of sp³-hybridized carbons (Fsp3) is 1.00. The summed E-state index contributed by atoms with van der Waals surface area (Å²) < 4.78 is 0. The quantitative estimate of drug-likeness (QED) is 0.688. The molecule has 0 amide bonds. The highest BCUT2D eigenvalue weighted by molar-refractivity contribution is 4.81. The molecule has 0 saturated carbocycles. The lowest BCUT2D eigenvalue weighted by atomic mass is 9.78. The van der Waals surface area contributed by atoms with Crippen molar-refractivity contribution in [2.24, 2.45) is 11.3 Å². The van der Waals surface area contributed by atoms with Crippen molar-refractivity contribution < 1.29 is 0 Å². The van der Waals surface area contributed by atoms with E-state index in [1.54, 1.807) is 0 Å². The number of hydrogen-bond acceptors (Lipinski definition) is 2. The minimum atomic E-state index is 0.627. The summed E-state index contributed by atoms with van der Waals surface area (Å²) in [4.78, 5) is 2.62. The number of rotatable bonds is 7. The first-order valence-corrected chi connectivity index (χ1v) is 7.49. The van der Waals surface area contributed by atoms with Crippen LogP contribution >= 0.6 is 0 Å². The highest BCUT2D eigenvalue weighted by atomic mass is 15.1. The summed E-state index contributed by atoms with van der Waals surface area (Å²) in [5.41, 5.74) is 0.627. The van der Waals surface area contributed by atoms with Crippen LogP contribution in [0.3, 0.4) is 0 Å². The van der Waals surface area contributed by atoms with Crippen LogP contribution in [0.25, 0.3) is 0 Å². The topological polar surface area (TPSA) is 15.3 Å². The Balaban J connectivity index is 2.03. The monoisotopic (exact) mass is 240 g/mol. The predicted molar refractivity (Wildman–Crippen MR) is 76.4 cm³/mol. The molecular weight excluding hydrogens is 208 g/mol. The van der Waals surface area contributed by atoms with Gasteiger partial charge in [-0.15, -0.1) is 0 Å². The molecule has 1 saturated heterocycles. The largest absolute Gasteiger partial charge is 0.315 e. The van der Waals surface area contributed by atoms with Gasteiger partial charge in [-0.2, -0.15) is 0 Å². The standard InChI is InChI=1S/C15H32N2/c1-5-15(4)7-11-17(12-8-15)13-10-16-9-6-14(2)3/h14,16H,5-13H2,1-4H3. The molecule has 1 fully saturated rings. The summed E-state index contributed by atoms with van der Waals surface area (Å²) in [6, 6.07) is 0. The van der Waals surface area contributed by atoms with Gasteiger partial charge >= 0.3 is 0 Å². The third kappa shape index (κ3) is 5.87. The lowest BCUT2D eigenvalue weighted by Crippen LogP contribution is -2.41. The molecule has 0 aromatic heterocycles. The van der Waals surface area contributed by atoms with Crippen molar-refractivity contribution in [3.8, 4) is 0 Å². The SMILES string of the molecule is CCC1(C)CCN(CCNCCC(C)C)CC1. The highest BCUT2D eigenvalue weighted by Crippen LogP contribution is 2.33. The smallest absolute Gasteiger partial charge is 0.0107 e. The summed E-state index contributed by atoms with van der Waals surface area (Å²) in [5, 5.41) is 3.56. The van der Waals surface area contributed by atoms with Crippen molar-refractivity contribution >= 4 is 0 Å². The average molecular weight is 240 g/mol. The third-order valence-electron chi connectivity index (χ3n) is 4.42. The van der Waals surface area contributed by atoms with Gasteiger partial charge in [0.2, 0.25) is 0 Å². The number of hydrogen-bond donors (Lipinski definition) is 1. The van der Waals surface area contributed by atoms with Gasteiger partial charge in [-0.1, -0.05) is 34.1 Å². The van der Waals surface area contributed by atoms with E-state index in [-0.39, 0.29) is 0 Å². The molecule has 0 unspecified atom stereocenters. The van der Waals surface area contributed by atoms with Crippen LogP contribution < -0.4 is 5.32 Å². The van der Waals surface area contributed by atoms with Gasteiger partial charge in [0.05, 0.1) is 0 Å². The molecule has 0 radical (unpaired) electrons. The van der Waals surface area contributed by atoms with Crippen molar-refractivity contribution in [3.05, 3.63) is 0 Å². The summed E-state index contributed by atoms with van der Waals surface area (Å²) in [5.74, 6) is 0.822. The van der Waals surface area contributed by atoms with E-state index in [1.807, 2.05) is 0 Å². The molecule has 0 spiro atoms. The maximum atomic E-state index is 3.56. The molecule has 102 valence electrons. The number of likely N-dealkylation sites (tertiary alicyclic amines) is 1. The summed E-state index contributed by atoms with van der Waals surface area (Å²) >= 11 is 0. The van der Waals surface area contributed by atoms with Crippen LogP contribution in [-0.4, -0.2) is 37.6 Å². The Hall–Kier alpha value is -0.0800. The van der Waals surface area contributed by atoms with Gasteiger partial charge in [0, 0.05) is 13.1 Å². The van der Waals surface area contributed by atoms with E-state index in [1.165, 1.54) is 51.9 Å². The molecule has 1 aliphatic heterocycles. The zero-order valence-electron chi connectivity index (χ0n) is 12.4. The van der Waals surface area contributed by atoms with E-state index in [0.717, 1.165) is 12.5 Å². The van der Waals surface area contributed by atoms with Crippen LogP contribution in [-0.2, 0) is 0 Å². The van der Waals surface area contributed by atoms with Crippen LogP contribution in [0.1, 0.15) is 53.4 Å². The normalized spacial score (nSPS) is 21.0. The van der Waals surface area contributed by atoms with E-state index in [0.29, 0.717) is 5.41 Å². The van der Waals surface area contributed by atoms with Gasteiger partial charge in [0.25, 0.3) is 0 Å². The van der Waals surface area contributed by atoms with Gasteiger partial charge in [-0.05, 0) is 50.2 Å². The summed E-state index contributed by atoms with van der Waals surface area (Å²) in [7, 11) is 0. The second-order valence-electron chi connectivity index (χ2n) is 6.44. The summed E-state index contributed by atoms with van der Waals surface area (Å²) in [6.07, 6.45) is 5.41. The molecule has 1 heterocycles. The molecule has 2 nitrogen and oxygen atoms in total. The van der Waals surface area contributed by atoms with Crippen LogP contribution in [0.2, 0.25) is 0 Å². The Morgan fingerprint density at radius 3 is 2.35 bits per heavy atom. The predicted octanol–water partition coefficient (Wildman–Crippen LogP) is 3.13. The second-order valence-corrected chi connectivity index (χ2v) is 6.44. The van der Waals surface area contributed by atoms with Gasteiger partial charge in [0.1, 0.15) is 0 Å². The molecule has 1 rings (SSSR count). The molecule has 17 heavy (non-hydrogen) atoms. The van der Waals surface area contributed by atoms with Crippen molar-refractivity contribution in [3.63, 3.8) is 0 Å². The van der Waals surface area contributed by atoms with Crippen molar-refractivity contribution in [1.29, 1.82) is 0 Å². The molecular formula is C15H32N2. The Bertz CT molecular complexity index is 193. The van der Waals surface area contributed by atoms with Crippen LogP contribution in [0.15, 0.2) is 0 Å². The van der Waals surface area contributed by atoms with E-state index < -0.39 is 0 Å². The minimum absolute atomic E-state index is 0.627. The third-order valence-corrected chi connectivity index (χ3v) is 4.42. The fourth-order valence-electron chi connectivity index (χ4n) is 2.42. The van der Waals surface area contributed by atoms with Gasteiger partial charge in [0.15, 0.2) is 0 Å². The van der Waals surface area contributed by atoms with Crippen molar-refractivity contribution in [1.82, 2.24) is 10.2 Å². The van der Waals surface area contributed by atoms with Crippen molar-refractivity contribution in [2.45, 2.75) is 53.4 Å². The van der Waals surface area contributed by atoms with Crippen LogP contribution in [0.4, 0.5) is 0 Å². The molecule has 0 atom stereocenters. The van der Waals surface area contributed by atoms with E-state index >= 15 is 0 Å². The lowest BCUT2D eigenvalue weighted by molar-refractivity contribution is 0.115. The Kier molecular flexibility index (Phi) is 6.50. The molecule has 0 aromatic carbocycles. The van der Waals surface area contributed by atoms with Gasteiger partial charge < -0.3 is 10.2 Å². The number of nitrogens with zero attached hydrogens (tertiary/aromatic N) is 1. The van der Waals surface area contributed by atoms with Gasteiger partial charge in [-0.25, -0.2) is 0 Å². The Morgan fingerprint density at radius 2 is 1.82 bits per heavy atom. The molecule has 0 bridgehead atoms. The molecule has 0 aliphatic carbocycles. The van der Waals surface area contributed by atoms with E-state index in [2.05, 4.69) is 37.9 Å². The van der Waals surface area contributed by atoms with E-state index in [9.17, 15) is 0 Å². The molecule has 2 heteroatoms. The van der Waals surface area contributed by atoms with Crippen LogP contribution in [0, 0.1) is 11.3 Å². The first-order valence-electron chi connectivity index (χ1n) is 7.49. The number of piperidine rings is 1. The minimum Gasteiger partial charge on any atom is -0.315 e. The fourth-order valence-corrected chi connectivity index (χ4v) is 2.42. The molecule has 1 aliphatic rings. The molecule has 0 aromatic rings. The van der Waals surface area contributed by atoms with Crippen molar-refractivity contribution in [2.75, 3.05) is 32.7 Å². The summed E-state index contributed by atoms with van der Waals surface area (Å²) in [6.45, 7) is 15.5.